The van der Waals surface area contributed by atoms with E-state index in [1.54, 1.807) is 13.8 Å². The molecule has 7 nitrogen and oxygen atoms in total. The van der Waals surface area contributed by atoms with Crippen LogP contribution < -0.4 is 5.32 Å². The van der Waals surface area contributed by atoms with Gasteiger partial charge in [-0.15, -0.1) is 0 Å². The Balaban J connectivity index is 1.57. The molecular weight excluding hydrogens is 466 g/mol. The number of benzene rings is 2. The first-order chi connectivity index (χ1) is 15.9. The van der Waals surface area contributed by atoms with Crippen LogP contribution in [0.2, 0.25) is 0 Å². The molecule has 0 unspecified atom stereocenters. The third-order valence-electron chi connectivity index (χ3n) is 6.23. The highest BCUT2D eigenvalue weighted by Crippen LogP contribution is 2.31. The van der Waals surface area contributed by atoms with E-state index in [4.69, 9.17) is 4.74 Å². The normalized spacial score (nSPS) is 15.2. The van der Waals surface area contributed by atoms with Crippen LogP contribution in [0.3, 0.4) is 0 Å². The smallest absolute Gasteiger partial charge is 0.309 e. The summed E-state index contributed by atoms with van der Waals surface area (Å²) >= 11 is 0. The minimum absolute atomic E-state index is 0.154. The zero-order valence-electron chi connectivity index (χ0n) is 19.6. The van der Waals surface area contributed by atoms with Crippen molar-refractivity contribution in [3.8, 4) is 0 Å². The number of nitrogens with one attached hydrogen (secondary N) is 1. The van der Waals surface area contributed by atoms with Crippen LogP contribution in [0.25, 0.3) is 0 Å². The molecule has 0 aromatic heterocycles. The van der Waals surface area contributed by atoms with E-state index < -0.39 is 46.1 Å². The van der Waals surface area contributed by atoms with Gasteiger partial charge in [0.15, 0.2) is 6.61 Å². The van der Waals surface area contributed by atoms with E-state index in [0.717, 1.165) is 23.3 Å². The molecule has 2 aromatic carbocycles. The SMILES string of the molecule is Cc1cc(C)c(C)c(S(=O)(=O)N2CCC(C(=O)OCC(=O)Nc3ccc(F)cc3F)CC2)c1C. The number of anilines is 1. The molecular formula is C24H28F2N2O5S. The van der Waals surface area contributed by atoms with Crippen LogP contribution in [-0.4, -0.2) is 44.3 Å². The number of rotatable bonds is 6. The predicted molar refractivity (Wildman–Crippen MR) is 123 cm³/mol. The molecule has 1 aliphatic heterocycles. The van der Waals surface area contributed by atoms with Gasteiger partial charge in [-0.25, -0.2) is 17.2 Å². The van der Waals surface area contributed by atoms with Crippen molar-refractivity contribution in [2.75, 3.05) is 25.0 Å². The lowest BCUT2D eigenvalue weighted by Gasteiger charge is -2.31. The van der Waals surface area contributed by atoms with Crippen molar-refractivity contribution in [1.29, 1.82) is 0 Å². The summed E-state index contributed by atoms with van der Waals surface area (Å²) in [4.78, 5) is 24.7. The predicted octanol–water partition coefficient (Wildman–Crippen LogP) is 3.78. The van der Waals surface area contributed by atoms with Gasteiger partial charge in [0, 0.05) is 19.2 Å². The number of aryl methyl sites for hydroxylation is 2. The first kappa shape index (κ1) is 25.8. The monoisotopic (exact) mass is 494 g/mol. The van der Waals surface area contributed by atoms with E-state index in [-0.39, 0.29) is 31.6 Å². The van der Waals surface area contributed by atoms with E-state index >= 15 is 0 Å². The maximum Gasteiger partial charge on any atom is 0.309 e. The molecule has 0 aliphatic carbocycles. The molecule has 10 heteroatoms. The van der Waals surface area contributed by atoms with E-state index in [2.05, 4.69) is 5.32 Å². The Morgan fingerprint density at radius 3 is 2.18 bits per heavy atom. The number of hydrogen-bond acceptors (Lipinski definition) is 5. The molecule has 3 rings (SSSR count). The van der Waals surface area contributed by atoms with Crippen molar-refractivity contribution in [2.45, 2.75) is 45.4 Å². The summed E-state index contributed by atoms with van der Waals surface area (Å²) in [6.07, 6.45) is 0.518. The summed E-state index contributed by atoms with van der Waals surface area (Å²) in [7, 11) is -3.73. The Bertz CT molecular complexity index is 1200. The van der Waals surface area contributed by atoms with Crippen LogP contribution in [0.1, 0.15) is 35.1 Å². The fourth-order valence-corrected chi connectivity index (χ4v) is 6.11. The number of carbonyl (C=O) groups is 2. The van der Waals surface area contributed by atoms with Crippen molar-refractivity contribution in [1.82, 2.24) is 4.31 Å². The number of sulfonamides is 1. The summed E-state index contributed by atoms with van der Waals surface area (Å²) < 4.78 is 59.7. The summed E-state index contributed by atoms with van der Waals surface area (Å²) in [5.74, 6) is -3.66. The lowest BCUT2D eigenvalue weighted by molar-refractivity contribution is -0.152. The van der Waals surface area contributed by atoms with E-state index in [9.17, 15) is 26.8 Å². The van der Waals surface area contributed by atoms with Gasteiger partial charge in [0.25, 0.3) is 5.91 Å². The minimum atomic E-state index is -3.73. The van der Waals surface area contributed by atoms with Gasteiger partial charge >= 0.3 is 5.97 Å². The summed E-state index contributed by atoms with van der Waals surface area (Å²) in [6.45, 7) is 7.02. The summed E-state index contributed by atoms with van der Waals surface area (Å²) in [5, 5.41) is 2.22. The lowest BCUT2D eigenvalue weighted by atomic mass is 9.98. The number of ether oxygens (including phenoxy) is 1. The highest BCUT2D eigenvalue weighted by molar-refractivity contribution is 7.89. The second kappa shape index (κ2) is 10.2. The first-order valence-corrected chi connectivity index (χ1v) is 12.3. The third kappa shape index (κ3) is 5.44. The van der Waals surface area contributed by atoms with Crippen LogP contribution in [0.5, 0.6) is 0 Å². The van der Waals surface area contributed by atoms with Crippen molar-refractivity contribution in [3.05, 3.63) is 58.2 Å². The number of amides is 1. The van der Waals surface area contributed by atoms with Crippen molar-refractivity contribution < 1.29 is 31.5 Å². The van der Waals surface area contributed by atoms with Crippen LogP contribution in [0.15, 0.2) is 29.2 Å². The van der Waals surface area contributed by atoms with Crippen molar-refractivity contribution in [2.24, 2.45) is 5.92 Å². The average Bonchev–Trinajstić information content (AvgIpc) is 2.78. The standard InChI is InChI=1S/C24H28F2N2O5S/c1-14-11-15(2)17(4)23(16(14)3)34(31,32)28-9-7-18(8-10-28)24(30)33-13-22(29)27-21-6-5-19(25)12-20(21)26/h5-6,11-12,18H,7-10,13H2,1-4H3,(H,27,29). The Morgan fingerprint density at radius 1 is 1.03 bits per heavy atom. The third-order valence-corrected chi connectivity index (χ3v) is 8.41. The zero-order valence-corrected chi connectivity index (χ0v) is 20.4. The molecule has 2 aromatic rings. The molecule has 34 heavy (non-hydrogen) atoms. The number of carbonyl (C=O) groups excluding carboxylic acids is 2. The Kier molecular flexibility index (Phi) is 7.72. The molecule has 0 radical (unpaired) electrons. The van der Waals surface area contributed by atoms with Crippen LogP contribution in [-0.2, 0) is 24.3 Å². The fourth-order valence-electron chi connectivity index (χ4n) is 4.06. The van der Waals surface area contributed by atoms with Gasteiger partial charge in [-0.1, -0.05) is 6.07 Å². The van der Waals surface area contributed by atoms with Crippen molar-refractivity contribution in [3.63, 3.8) is 0 Å². The molecule has 184 valence electrons. The second-order valence-electron chi connectivity index (χ2n) is 8.55. The van der Waals surface area contributed by atoms with Gasteiger partial charge in [-0.2, -0.15) is 4.31 Å². The molecule has 0 bridgehead atoms. The molecule has 0 saturated carbocycles. The molecule has 1 heterocycles. The van der Waals surface area contributed by atoms with Gasteiger partial charge in [0.1, 0.15) is 11.6 Å². The molecule has 1 N–H and O–H groups in total. The van der Waals surface area contributed by atoms with Gasteiger partial charge in [0.2, 0.25) is 10.0 Å². The molecule has 1 saturated heterocycles. The maximum absolute atomic E-state index is 13.6. The number of piperidine rings is 1. The molecule has 1 fully saturated rings. The Morgan fingerprint density at radius 2 is 1.62 bits per heavy atom. The Labute approximate surface area is 198 Å². The number of halogens is 2. The number of nitrogens with zero attached hydrogens (tertiary/aromatic N) is 1. The van der Waals surface area contributed by atoms with Gasteiger partial charge in [-0.3, -0.25) is 9.59 Å². The maximum atomic E-state index is 13.6. The van der Waals surface area contributed by atoms with Crippen LogP contribution in [0, 0.1) is 45.2 Å². The molecule has 1 aliphatic rings. The fraction of sp³-hybridized carbons (Fsp3) is 0.417. The van der Waals surface area contributed by atoms with Crippen LogP contribution in [0.4, 0.5) is 14.5 Å². The summed E-state index contributed by atoms with van der Waals surface area (Å²) in [6, 6.07) is 4.66. The van der Waals surface area contributed by atoms with Crippen LogP contribution >= 0.6 is 0 Å². The quantitative estimate of drug-likeness (QED) is 0.617. The molecule has 0 spiro atoms. The summed E-state index contributed by atoms with van der Waals surface area (Å²) in [5.41, 5.74) is 3.01. The topological polar surface area (TPSA) is 92.8 Å². The highest BCUT2D eigenvalue weighted by Gasteiger charge is 2.35. The number of esters is 1. The average molecular weight is 495 g/mol. The van der Waals surface area contributed by atoms with Crippen molar-refractivity contribution >= 4 is 27.6 Å². The molecule has 1 amide bonds. The largest absolute Gasteiger partial charge is 0.455 e. The lowest BCUT2D eigenvalue weighted by Crippen LogP contribution is -2.41. The minimum Gasteiger partial charge on any atom is -0.455 e. The van der Waals surface area contributed by atoms with Gasteiger partial charge in [-0.05, 0) is 74.9 Å². The zero-order chi connectivity index (χ0) is 25.2. The van der Waals surface area contributed by atoms with E-state index in [1.165, 1.54) is 4.31 Å². The van der Waals surface area contributed by atoms with E-state index in [0.29, 0.717) is 22.1 Å². The van der Waals surface area contributed by atoms with E-state index in [1.807, 2.05) is 19.9 Å². The first-order valence-electron chi connectivity index (χ1n) is 10.9. The van der Waals surface area contributed by atoms with Gasteiger partial charge in [0.05, 0.1) is 16.5 Å². The van der Waals surface area contributed by atoms with Gasteiger partial charge < -0.3 is 10.1 Å². The highest BCUT2D eigenvalue weighted by atomic mass is 32.2. The molecule has 0 atom stereocenters. The second-order valence-corrected chi connectivity index (χ2v) is 10.4. The number of hydrogen-bond donors (Lipinski definition) is 1. The Hall–Kier alpha value is -2.85.